The van der Waals surface area contributed by atoms with Gasteiger partial charge in [-0.25, -0.2) is 0 Å². The fourth-order valence-electron chi connectivity index (χ4n) is 6.43. The second-order valence-electron chi connectivity index (χ2n) is 9.55. The predicted molar refractivity (Wildman–Crippen MR) is 137 cm³/mol. The molecule has 0 aromatic heterocycles. The smallest absolute Gasteiger partial charge is 0.122 e. The van der Waals surface area contributed by atoms with Gasteiger partial charge in [0.05, 0.1) is 12.6 Å². The van der Waals surface area contributed by atoms with E-state index in [1.54, 1.807) is 7.11 Å². The fourth-order valence-corrected chi connectivity index (χ4v) is 6.43. The molecule has 3 aliphatic heterocycles. The molecule has 3 saturated heterocycles. The van der Waals surface area contributed by atoms with Crippen molar-refractivity contribution in [3.63, 3.8) is 0 Å². The van der Waals surface area contributed by atoms with E-state index in [2.05, 4.69) is 90.3 Å². The minimum absolute atomic E-state index is 0.0718. The first-order chi connectivity index (χ1) is 16.2. The zero-order valence-electron chi connectivity index (χ0n) is 19.5. The first-order valence-electron chi connectivity index (χ1n) is 12.1. The Morgan fingerprint density at radius 3 is 2.12 bits per heavy atom. The summed E-state index contributed by atoms with van der Waals surface area (Å²) in [6, 6.07) is 28.3. The second kappa shape index (κ2) is 9.17. The average Bonchev–Trinajstić information content (AvgIpc) is 2.88. The number of nitrogens with two attached hydrogens (primary N) is 1. The van der Waals surface area contributed by atoms with Crippen molar-refractivity contribution >= 4 is 6.08 Å². The summed E-state index contributed by atoms with van der Waals surface area (Å²) in [5.74, 6) is 1.63. The van der Waals surface area contributed by atoms with Crippen LogP contribution in [0.25, 0.3) is 6.08 Å². The van der Waals surface area contributed by atoms with Gasteiger partial charge in [-0.1, -0.05) is 79.4 Å². The van der Waals surface area contributed by atoms with Gasteiger partial charge in [-0.15, -0.1) is 0 Å². The summed E-state index contributed by atoms with van der Waals surface area (Å²) in [6.07, 6.45) is 5.12. The molecule has 3 aromatic rings. The van der Waals surface area contributed by atoms with Crippen LogP contribution in [0.5, 0.6) is 5.75 Å². The Hall–Kier alpha value is -2.88. The standard InChI is InChI=1S/C30H34N2O/c1-3-22-14-15-27(33-2)26(20-22)21-30(29(31)25-16-18-32(30)19-17-25)28(23-10-6-4-7-11-23)24-12-8-5-9-13-24/h3-15,20,25,28-29H,1,16-19,21,31H2,2H3. The molecule has 0 radical (unpaired) electrons. The van der Waals surface area contributed by atoms with Crippen LogP contribution in [-0.2, 0) is 6.42 Å². The summed E-state index contributed by atoms with van der Waals surface area (Å²) < 4.78 is 5.84. The van der Waals surface area contributed by atoms with Crippen LogP contribution >= 0.6 is 0 Å². The molecule has 3 aromatic carbocycles. The van der Waals surface area contributed by atoms with Crippen molar-refractivity contribution in [1.82, 2.24) is 4.90 Å². The van der Waals surface area contributed by atoms with Gasteiger partial charge in [0.1, 0.15) is 5.75 Å². The maximum Gasteiger partial charge on any atom is 0.122 e. The van der Waals surface area contributed by atoms with Crippen LogP contribution in [0.3, 0.4) is 0 Å². The highest BCUT2D eigenvalue weighted by Crippen LogP contribution is 2.51. The van der Waals surface area contributed by atoms with Crippen molar-refractivity contribution in [2.45, 2.75) is 36.8 Å². The topological polar surface area (TPSA) is 38.5 Å². The average molecular weight is 439 g/mol. The first-order valence-corrected chi connectivity index (χ1v) is 12.1. The van der Waals surface area contributed by atoms with Crippen LogP contribution in [0.15, 0.2) is 85.4 Å². The Kier molecular flexibility index (Phi) is 6.09. The summed E-state index contributed by atoms with van der Waals surface area (Å²) in [6.45, 7) is 6.19. The molecule has 2 unspecified atom stereocenters. The van der Waals surface area contributed by atoms with E-state index in [0.29, 0.717) is 5.92 Å². The highest BCUT2D eigenvalue weighted by molar-refractivity contribution is 5.53. The molecule has 2 atom stereocenters. The SMILES string of the molecule is C=Cc1ccc(OC)c(CC2(C(c3ccccc3)c3ccccc3)C(N)C3CCN2CC3)c1. The van der Waals surface area contributed by atoms with E-state index < -0.39 is 0 Å². The molecule has 33 heavy (non-hydrogen) atoms. The third kappa shape index (κ3) is 3.80. The first kappa shape index (κ1) is 21.9. The largest absolute Gasteiger partial charge is 0.496 e. The van der Waals surface area contributed by atoms with Gasteiger partial charge in [-0.05, 0) is 72.7 Å². The third-order valence-electron chi connectivity index (χ3n) is 7.99. The van der Waals surface area contributed by atoms with Gasteiger partial charge in [0.15, 0.2) is 0 Å². The van der Waals surface area contributed by atoms with Gasteiger partial charge >= 0.3 is 0 Å². The molecule has 0 amide bonds. The second-order valence-corrected chi connectivity index (χ2v) is 9.55. The molecule has 170 valence electrons. The van der Waals surface area contributed by atoms with Crippen LogP contribution in [-0.4, -0.2) is 36.7 Å². The van der Waals surface area contributed by atoms with Gasteiger partial charge in [0.2, 0.25) is 0 Å². The van der Waals surface area contributed by atoms with Crippen molar-refractivity contribution in [3.05, 3.63) is 108 Å². The van der Waals surface area contributed by atoms with Crippen molar-refractivity contribution in [1.29, 1.82) is 0 Å². The van der Waals surface area contributed by atoms with E-state index in [1.165, 1.54) is 29.5 Å². The monoisotopic (exact) mass is 438 g/mol. The summed E-state index contributed by atoms with van der Waals surface area (Å²) in [5, 5.41) is 0. The lowest BCUT2D eigenvalue weighted by Gasteiger charge is -2.61. The van der Waals surface area contributed by atoms with E-state index in [9.17, 15) is 0 Å². The van der Waals surface area contributed by atoms with Gasteiger partial charge in [-0.2, -0.15) is 0 Å². The van der Waals surface area contributed by atoms with Crippen LogP contribution in [0, 0.1) is 5.92 Å². The molecule has 0 saturated carbocycles. The summed E-state index contributed by atoms with van der Waals surface area (Å²) in [5.41, 5.74) is 12.0. The number of benzene rings is 3. The van der Waals surface area contributed by atoms with E-state index in [-0.39, 0.29) is 17.5 Å². The molecular weight excluding hydrogens is 404 g/mol. The maximum atomic E-state index is 7.28. The lowest BCUT2D eigenvalue weighted by molar-refractivity contribution is -0.0590. The van der Waals surface area contributed by atoms with Crippen molar-refractivity contribution in [3.8, 4) is 5.75 Å². The van der Waals surface area contributed by atoms with Gasteiger partial charge in [-0.3, -0.25) is 4.90 Å². The van der Waals surface area contributed by atoms with E-state index >= 15 is 0 Å². The zero-order valence-corrected chi connectivity index (χ0v) is 19.5. The van der Waals surface area contributed by atoms with Crippen LogP contribution in [0.4, 0.5) is 0 Å². The van der Waals surface area contributed by atoms with Gasteiger partial charge < -0.3 is 10.5 Å². The van der Waals surface area contributed by atoms with Crippen LogP contribution < -0.4 is 10.5 Å². The fraction of sp³-hybridized carbons (Fsp3) is 0.333. The van der Waals surface area contributed by atoms with Crippen molar-refractivity contribution in [2.75, 3.05) is 20.2 Å². The number of methoxy groups -OCH3 is 1. The quantitative estimate of drug-likeness (QED) is 0.529. The number of fused-ring (bicyclic) bond motifs is 3. The third-order valence-corrected chi connectivity index (χ3v) is 7.99. The number of ether oxygens (including phenoxy) is 1. The van der Waals surface area contributed by atoms with Gasteiger partial charge in [0.25, 0.3) is 0 Å². The summed E-state index contributed by atoms with van der Waals surface area (Å²) in [7, 11) is 1.76. The lowest BCUT2D eigenvalue weighted by atomic mass is 9.59. The minimum Gasteiger partial charge on any atom is -0.496 e. The number of hydrogen-bond acceptors (Lipinski definition) is 3. The predicted octanol–water partition coefficient (Wildman–Crippen LogP) is 5.50. The molecule has 3 nitrogen and oxygen atoms in total. The molecule has 3 aliphatic rings. The number of nitrogens with zero attached hydrogens (tertiary/aromatic N) is 1. The summed E-state index contributed by atoms with van der Waals surface area (Å²) >= 11 is 0. The number of piperidine rings is 3. The van der Waals surface area contributed by atoms with Crippen molar-refractivity contribution < 1.29 is 4.74 Å². The normalized spacial score (nSPS) is 26.3. The summed E-state index contributed by atoms with van der Waals surface area (Å²) in [4.78, 5) is 2.70. The molecule has 3 fully saturated rings. The molecular formula is C30H34N2O. The lowest BCUT2D eigenvalue weighted by Crippen LogP contribution is -2.73. The molecule has 6 rings (SSSR count). The Labute approximate surface area is 197 Å². The van der Waals surface area contributed by atoms with E-state index in [1.807, 2.05) is 6.08 Å². The Morgan fingerprint density at radius 1 is 1.00 bits per heavy atom. The number of hydrogen-bond donors (Lipinski definition) is 1. The van der Waals surface area contributed by atoms with Crippen LogP contribution in [0.1, 0.15) is 41.0 Å². The molecule has 0 spiro atoms. The highest BCUT2D eigenvalue weighted by Gasteiger charge is 2.56. The molecule has 3 heterocycles. The zero-order chi connectivity index (χ0) is 22.8. The highest BCUT2D eigenvalue weighted by atomic mass is 16.5. The van der Waals surface area contributed by atoms with Gasteiger partial charge in [0, 0.05) is 12.0 Å². The van der Waals surface area contributed by atoms with E-state index in [4.69, 9.17) is 10.5 Å². The minimum atomic E-state index is -0.239. The maximum absolute atomic E-state index is 7.28. The van der Waals surface area contributed by atoms with E-state index in [0.717, 1.165) is 30.8 Å². The Bertz CT molecular complexity index is 1050. The molecule has 0 aliphatic carbocycles. The Balaban J connectivity index is 1.73. The Morgan fingerprint density at radius 2 is 1.61 bits per heavy atom. The molecule has 3 heteroatoms. The molecule has 2 bridgehead atoms. The van der Waals surface area contributed by atoms with Crippen LogP contribution in [0.2, 0.25) is 0 Å². The molecule has 2 N–H and O–H groups in total. The number of rotatable bonds is 7. The van der Waals surface area contributed by atoms with Crippen molar-refractivity contribution in [2.24, 2.45) is 11.7 Å².